The third kappa shape index (κ3) is 4.20. The molecule has 0 saturated carbocycles. The van der Waals surface area contributed by atoms with Crippen LogP contribution in [0.5, 0.6) is 0 Å². The number of benzene rings is 1. The molecule has 2 N–H and O–H groups in total. The first-order valence-electron chi connectivity index (χ1n) is 9.77. The van der Waals surface area contributed by atoms with Gasteiger partial charge in [0.25, 0.3) is 11.8 Å². The average molecular weight is 483 g/mol. The van der Waals surface area contributed by atoms with Crippen molar-refractivity contribution in [2.45, 2.75) is 18.8 Å². The van der Waals surface area contributed by atoms with Gasteiger partial charge in [-0.05, 0) is 30.2 Å². The number of pyridine rings is 1. The van der Waals surface area contributed by atoms with Gasteiger partial charge in [-0.2, -0.15) is 31.4 Å². The molecule has 0 radical (unpaired) electrons. The summed E-state index contributed by atoms with van der Waals surface area (Å²) in [6, 6.07) is 5.67. The van der Waals surface area contributed by atoms with E-state index in [4.69, 9.17) is 0 Å². The fourth-order valence-corrected chi connectivity index (χ4v) is 3.72. The monoisotopic (exact) mass is 483 g/mol. The highest BCUT2D eigenvalue weighted by molar-refractivity contribution is 6.05. The van der Waals surface area contributed by atoms with Gasteiger partial charge in [0.1, 0.15) is 22.8 Å². The third-order valence-electron chi connectivity index (χ3n) is 5.21. The van der Waals surface area contributed by atoms with E-state index in [1.807, 2.05) is 5.32 Å². The summed E-state index contributed by atoms with van der Waals surface area (Å²) in [5.74, 6) is -2.39. The van der Waals surface area contributed by atoms with Crippen LogP contribution in [0.15, 0.2) is 36.5 Å². The van der Waals surface area contributed by atoms with Crippen LogP contribution in [-0.2, 0) is 25.8 Å². The Balaban J connectivity index is 1.81. The molecule has 0 bridgehead atoms. The number of alkyl halides is 6. The van der Waals surface area contributed by atoms with Crippen LogP contribution in [0.1, 0.15) is 37.5 Å². The van der Waals surface area contributed by atoms with Gasteiger partial charge in [-0.15, -0.1) is 0 Å². The molecular weight excluding hydrogens is 468 g/mol. The van der Waals surface area contributed by atoms with Gasteiger partial charge in [0.2, 0.25) is 0 Å². The summed E-state index contributed by atoms with van der Waals surface area (Å²) in [7, 11) is 1.16. The van der Waals surface area contributed by atoms with Crippen molar-refractivity contribution in [1.82, 2.24) is 20.1 Å². The summed E-state index contributed by atoms with van der Waals surface area (Å²) < 4.78 is 82.0. The molecule has 4 rings (SSSR count). The van der Waals surface area contributed by atoms with E-state index in [2.05, 4.69) is 15.4 Å². The zero-order valence-corrected chi connectivity index (χ0v) is 17.3. The molecule has 1 aliphatic heterocycles. The number of fused-ring (bicyclic) bond motifs is 1. The van der Waals surface area contributed by atoms with E-state index < -0.39 is 52.5 Å². The largest absolute Gasteiger partial charge is 0.433 e. The van der Waals surface area contributed by atoms with Crippen molar-refractivity contribution in [2.75, 3.05) is 11.9 Å². The van der Waals surface area contributed by atoms with Crippen LogP contribution in [0.2, 0.25) is 0 Å². The quantitative estimate of drug-likeness (QED) is 0.550. The Bertz CT molecular complexity index is 1300. The van der Waals surface area contributed by atoms with Crippen molar-refractivity contribution in [3.63, 3.8) is 0 Å². The van der Waals surface area contributed by atoms with E-state index in [1.165, 1.54) is 18.2 Å². The normalized spacial score (nSPS) is 13.9. The van der Waals surface area contributed by atoms with Gasteiger partial charge in [-0.25, -0.2) is 0 Å². The summed E-state index contributed by atoms with van der Waals surface area (Å²) in [5, 5.41) is 8.58. The van der Waals surface area contributed by atoms with Crippen LogP contribution in [0.25, 0.3) is 11.3 Å². The summed E-state index contributed by atoms with van der Waals surface area (Å²) in [6.45, 7) is 0.226. The first-order chi connectivity index (χ1) is 15.9. The second-order valence-electron chi connectivity index (χ2n) is 7.41. The van der Waals surface area contributed by atoms with Gasteiger partial charge in [0, 0.05) is 36.5 Å². The third-order valence-corrected chi connectivity index (χ3v) is 5.21. The van der Waals surface area contributed by atoms with Gasteiger partial charge in [-0.3, -0.25) is 19.3 Å². The molecule has 13 heteroatoms. The summed E-state index contributed by atoms with van der Waals surface area (Å²) >= 11 is 0. The first-order valence-corrected chi connectivity index (χ1v) is 9.77. The summed E-state index contributed by atoms with van der Waals surface area (Å²) in [4.78, 5) is 27.8. The van der Waals surface area contributed by atoms with Crippen LogP contribution >= 0.6 is 0 Å². The number of carbonyl (C=O) groups is 2. The molecule has 0 atom stereocenters. The highest BCUT2D eigenvalue weighted by Gasteiger charge is 2.42. The van der Waals surface area contributed by atoms with Gasteiger partial charge < -0.3 is 10.6 Å². The van der Waals surface area contributed by atoms with Crippen molar-refractivity contribution in [3.8, 4) is 11.3 Å². The fraction of sp³-hybridized carbons (Fsp3) is 0.238. The predicted molar refractivity (Wildman–Crippen MR) is 107 cm³/mol. The minimum Gasteiger partial charge on any atom is -0.352 e. The average Bonchev–Trinajstić information content (AvgIpc) is 3.09. The molecule has 0 unspecified atom stereocenters. The number of aryl methyl sites for hydroxylation is 1. The number of nitrogens with one attached hydrogen (secondary N) is 2. The number of nitrogens with zero attached hydrogens (tertiary/aromatic N) is 3. The molecule has 1 aromatic carbocycles. The lowest BCUT2D eigenvalue weighted by Crippen LogP contribution is -2.32. The van der Waals surface area contributed by atoms with E-state index in [1.54, 1.807) is 0 Å². The molecule has 0 saturated heterocycles. The van der Waals surface area contributed by atoms with Gasteiger partial charge in [0.15, 0.2) is 0 Å². The van der Waals surface area contributed by atoms with E-state index in [9.17, 15) is 35.9 Å². The lowest BCUT2D eigenvalue weighted by molar-refractivity contribution is -0.141. The lowest BCUT2D eigenvalue weighted by Gasteiger charge is -2.19. The molecule has 2 amide bonds. The van der Waals surface area contributed by atoms with Crippen molar-refractivity contribution in [2.24, 2.45) is 7.05 Å². The highest BCUT2D eigenvalue weighted by atomic mass is 19.4. The Labute approximate surface area is 187 Å². The number of hydrogen-bond acceptors (Lipinski definition) is 4. The predicted octanol–water partition coefficient (Wildman–Crippen LogP) is 4.06. The van der Waals surface area contributed by atoms with Crippen molar-refractivity contribution in [1.29, 1.82) is 0 Å². The SMILES string of the molecule is Cn1nc(-c2cccc3c2CCNC3=O)c(C(F)(F)F)c1NC(=O)c1ccnc(C(F)(F)F)c1. The maximum absolute atomic E-state index is 14.1. The minimum absolute atomic E-state index is 0.0686. The van der Waals surface area contributed by atoms with E-state index in [0.717, 1.165) is 24.0 Å². The number of halogens is 6. The molecule has 1 aliphatic rings. The van der Waals surface area contributed by atoms with Crippen LogP contribution < -0.4 is 10.6 Å². The van der Waals surface area contributed by atoms with E-state index in [-0.39, 0.29) is 24.1 Å². The number of carbonyl (C=O) groups excluding carboxylic acids is 2. The molecule has 34 heavy (non-hydrogen) atoms. The first kappa shape index (κ1) is 23.3. The fourth-order valence-electron chi connectivity index (χ4n) is 3.72. The topological polar surface area (TPSA) is 88.9 Å². The number of hydrogen-bond donors (Lipinski definition) is 2. The van der Waals surface area contributed by atoms with Crippen LogP contribution in [0, 0.1) is 0 Å². The Morgan fingerprint density at radius 2 is 1.79 bits per heavy atom. The second-order valence-corrected chi connectivity index (χ2v) is 7.41. The van der Waals surface area contributed by atoms with Crippen LogP contribution in [0.4, 0.5) is 32.2 Å². The zero-order chi connectivity index (χ0) is 24.8. The molecule has 3 heterocycles. The van der Waals surface area contributed by atoms with Crippen LogP contribution in [-0.4, -0.2) is 33.1 Å². The minimum atomic E-state index is -4.98. The zero-order valence-electron chi connectivity index (χ0n) is 17.3. The molecule has 7 nitrogen and oxygen atoms in total. The Hall–Kier alpha value is -3.90. The van der Waals surface area contributed by atoms with Crippen molar-refractivity contribution >= 4 is 17.6 Å². The van der Waals surface area contributed by atoms with E-state index >= 15 is 0 Å². The maximum Gasteiger partial charge on any atom is 0.433 e. The van der Waals surface area contributed by atoms with Crippen LogP contribution in [0.3, 0.4) is 0 Å². The van der Waals surface area contributed by atoms with Gasteiger partial charge in [0.05, 0.1) is 0 Å². The number of amides is 2. The molecule has 0 aliphatic carbocycles. The summed E-state index contributed by atoms with van der Waals surface area (Å²) in [6.07, 6.45) is -8.82. The smallest absolute Gasteiger partial charge is 0.352 e. The Morgan fingerprint density at radius 3 is 2.47 bits per heavy atom. The molecule has 3 aromatic rings. The highest BCUT2D eigenvalue weighted by Crippen LogP contribution is 2.43. The van der Waals surface area contributed by atoms with Crippen molar-refractivity contribution in [3.05, 3.63) is 64.5 Å². The Kier molecular flexibility index (Phi) is 5.58. The molecule has 0 spiro atoms. The molecule has 0 fully saturated rings. The van der Waals surface area contributed by atoms with Gasteiger partial charge >= 0.3 is 12.4 Å². The molecule has 178 valence electrons. The number of aromatic nitrogens is 3. The number of rotatable bonds is 3. The summed E-state index contributed by atoms with van der Waals surface area (Å²) in [5.41, 5.74) is -3.04. The lowest BCUT2D eigenvalue weighted by atomic mass is 9.92. The van der Waals surface area contributed by atoms with Crippen molar-refractivity contribution < 1.29 is 35.9 Å². The second kappa shape index (κ2) is 8.15. The Morgan fingerprint density at radius 1 is 1.09 bits per heavy atom. The van der Waals surface area contributed by atoms with E-state index in [0.29, 0.717) is 11.6 Å². The standard InChI is InChI=1S/C21H15F6N5O2/c1-32-17(30-18(33)10-5-7-28-14(9-10)20(22,23)24)15(21(25,26)27)16(31-32)12-3-2-4-13-11(12)6-8-29-19(13)34/h2-5,7,9H,6,8H2,1H3,(H,29,34)(H,30,33). The number of anilines is 1. The maximum atomic E-state index is 14.1. The molecular formula is C21H15F6N5O2. The molecule has 2 aromatic heterocycles. The van der Waals surface area contributed by atoms with Gasteiger partial charge in [-0.1, -0.05) is 12.1 Å².